The zero-order valence-electron chi connectivity index (χ0n) is 13.1. The zero-order chi connectivity index (χ0) is 16.9. The van der Waals surface area contributed by atoms with Crippen molar-refractivity contribution in [1.82, 2.24) is 10.8 Å². The van der Waals surface area contributed by atoms with Gasteiger partial charge in [0.15, 0.2) is 0 Å². The molecular weight excluding hydrogens is 306 g/mol. The molecule has 6 nitrogen and oxygen atoms in total. The van der Waals surface area contributed by atoms with Gasteiger partial charge in [0, 0.05) is 17.3 Å². The van der Waals surface area contributed by atoms with Crippen LogP contribution in [0.15, 0.2) is 48.5 Å². The van der Waals surface area contributed by atoms with E-state index in [1.165, 1.54) is 5.56 Å². The Morgan fingerprint density at radius 1 is 1.04 bits per heavy atom. The van der Waals surface area contributed by atoms with Crippen molar-refractivity contribution in [3.05, 3.63) is 65.2 Å². The van der Waals surface area contributed by atoms with Crippen LogP contribution in [0.3, 0.4) is 0 Å². The quantitative estimate of drug-likeness (QED) is 0.516. The summed E-state index contributed by atoms with van der Waals surface area (Å²) in [5.41, 5.74) is 4.98. The molecule has 1 aliphatic carbocycles. The Morgan fingerprint density at radius 3 is 2.58 bits per heavy atom. The first kappa shape index (κ1) is 16.0. The molecule has 2 aromatic carbocycles. The van der Waals surface area contributed by atoms with Gasteiger partial charge in [0.05, 0.1) is 0 Å². The fraction of sp³-hybridized carbons (Fsp3) is 0.222. The van der Waals surface area contributed by atoms with Crippen LogP contribution in [0.2, 0.25) is 0 Å². The minimum Gasteiger partial charge on any atom is -0.335 e. The molecule has 0 aromatic heterocycles. The number of rotatable bonds is 3. The average molecular weight is 325 g/mol. The topological polar surface area (TPSA) is 90.5 Å². The zero-order valence-corrected chi connectivity index (χ0v) is 13.1. The van der Waals surface area contributed by atoms with Gasteiger partial charge in [0.2, 0.25) is 0 Å². The normalized spacial score (nSPS) is 16.0. The Labute approximate surface area is 139 Å². The highest BCUT2D eigenvalue weighted by molar-refractivity contribution is 5.93. The molecule has 1 atom stereocenters. The molecule has 0 saturated heterocycles. The van der Waals surface area contributed by atoms with Gasteiger partial charge in [-0.1, -0.05) is 24.3 Å². The predicted molar refractivity (Wildman–Crippen MR) is 90.1 cm³/mol. The first-order chi connectivity index (χ1) is 11.7. The van der Waals surface area contributed by atoms with E-state index in [1.807, 2.05) is 36.4 Å². The molecule has 0 heterocycles. The summed E-state index contributed by atoms with van der Waals surface area (Å²) in [6, 6.07) is 14.4. The molecule has 0 spiro atoms. The Hall–Kier alpha value is -2.86. The molecule has 6 heteroatoms. The van der Waals surface area contributed by atoms with Crippen LogP contribution in [0, 0.1) is 0 Å². The molecule has 0 saturated carbocycles. The van der Waals surface area contributed by atoms with E-state index in [0.29, 0.717) is 12.0 Å². The maximum atomic E-state index is 12.1. The molecule has 1 unspecified atom stereocenters. The van der Waals surface area contributed by atoms with Crippen molar-refractivity contribution < 1.29 is 14.8 Å². The summed E-state index contributed by atoms with van der Waals surface area (Å²) in [6.07, 6.45) is 2.34. The highest BCUT2D eigenvalue weighted by atomic mass is 16.5. The minimum atomic E-state index is -0.533. The molecule has 124 valence electrons. The van der Waals surface area contributed by atoms with E-state index in [-0.39, 0.29) is 12.1 Å². The molecule has 3 rings (SSSR count). The molecule has 0 fully saturated rings. The van der Waals surface area contributed by atoms with Crippen LogP contribution < -0.4 is 16.1 Å². The molecule has 2 aromatic rings. The molecular formula is C18H19N3O3. The molecule has 0 aliphatic heterocycles. The summed E-state index contributed by atoms with van der Waals surface area (Å²) in [5.74, 6) is -0.533. The van der Waals surface area contributed by atoms with Gasteiger partial charge in [-0.2, -0.15) is 0 Å². The van der Waals surface area contributed by atoms with Crippen molar-refractivity contribution in [3.63, 3.8) is 0 Å². The number of fused-ring (bicyclic) bond motifs is 1. The maximum absolute atomic E-state index is 12.1. The average Bonchev–Trinajstić information content (AvgIpc) is 2.61. The lowest BCUT2D eigenvalue weighted by molar-refractivity contribution is 0.0706. The van der Waals surface area contributed by atoms with Crippen molar-refractivity contribution in [1.29, 1.82) is 0 Å². The molecule has 0 radical (unpaired) electrons. The van der Waals surface area contributed by atoms with Crippen molar-refractivity contribution in [3.8, 4) is 0 Å². The maximum Gasteiger partial charge on any atom is 0.319 e. The standard InChI is InChI=1S/C18H19N3O3/c22-17(21-24)13-7-6-12-8-9-16(11-14(12)10-13)20-18(23)19-15-4-2-1-3-5-15/h1-7,10,16,24H,8-9,11H2,(H,21,22)(H2,19,20,23). The van der Waals surface area contributed by atoms with Gasteiger partial charge < -0.3 is 10.6 Å². The molecule has 0 bridgehead atoms. The summed E-state index contributed by atoms with van der Waals surface area (Å²) >= 11 is 0. The van der Waals surface area contributed by atoms with E-state index >= 15 is 0 Å². The van der Waals surface area contributed by atoms with E-state index in [0.717, 1.165) is 24.1 Å². The van der Waals surface area contributed by atoms with Crippen LogP contribution >= 0.6 is 0 Å². The van der Waals surface area contributed by atoms with Crippen molar-refractivity contribution in [2.75, 3.05) is 5.32 Å². The lowest BCUT2D eigenvalue weighted by Crippen LogP contribution is -2.41. The van der Waals surface area contributed by atoms with Gasteiger partial charge in [0.25, 0.3) is 5.91 Å². The van der Waals surface area contributed by atoms with Crippen LogP contribution in [0.1, 0.15) is 27.9 Å². The Kier molecular flexibility index (Phi) is 4.77. The highest BCUT2D eigenvalue weighted by Crippen LogP contribution is 2.23. The van der Waals surface area contributed by atoms with E-state index in [4.69, 9.17) is 5.21 Å². The third-order valence-electron chi connectivity index (χ3n) is 4.17. The van der Waals surface area contributed by atoms with E-state index < -0.39 is 5.91 Å². The van der Waals surface area contributed by atoms with E-state index in [1.54, 1.807) is 17.6 Å². The van der Waals surface area contributed by atoms with Gasteiger partial charge in [-0.3, -0.25) is 10.0 Å². The van der Waals surface area contributed by atoms with Crippen LogP contribution in [0.4, 0.5) is 10.5 Å². The lowest BCUT2D eigenvalue weighted by atomic mass is 9.87. The summed E-state index contributed by atoms with van der Waals surface area (Å²) in [7, 11) is 0. The van der Waals surface area contributed by atoms with Gasteiger partial charge in [-0.15, -0.1) is 0 Å². The summed E-state index contributed by atoms with van der Waals surface area (Å²) in [4.78, 5) is 23.6. The fourth-order valence-corrected chi connectivity index (χ4v) is 2.96. The summed E-state index contributed by atoms with van der Waals surface area (Å²) < 4.78 is 0. The largest absolute Gasteiger partial charge is 0.335 e. The van der Waals surface area contributed by atoms with Crippen LogP contribution in [0.5, 0.6) is 0 Å². The number of anilines is 1. The monoisotopic (exact) mass is 325 g/mol. The van der Waals surface area contributed by atoms with Gasteiger partial charge in [0.1, 0.15) is 0 Å². The van der Waals surface area contributed by atoms with Gasteiger partial charge in [-0.25, -0.2) is 10.3 Å². The highest BCUT2D eigenvalue weighted by Gasteiger charge is 2.21. The second kappa shape index (κ2) is 7.14. The number of hydroxylamine groups is 1. The second-order valence-corrected chi connectivity index (χ2v) is 5.83. The second-order valence-electron chi connectivity index (χ2n) is 5.83. The molecule has 24 heavy (non-hydrogen) atoms. The minimum absolute atomic E-state index is 0.00801. The van der Waals surface area contributed by atoms with E-state index in [9.17, 15) is 9.59 Å². The van der Waals surface area contributed by atoms with Crippen molar-refractivity contribution in [2.24, 2.45) is 0 Å². The number of hydrogen-bond donors (Lipinski definition) is 4. The first-order valence-corrected chi connectivity index (χ1v) is 7.84. The molecule has 1 aliphatic rings. The van der Waals surface area contributed by atoms with Crippen LogP contribution in [-0.2, 0) is 12.8 Å². The number of nitrogens with one attached hydrogen (secondary N) is 3. The SMILES string of the molecule is O=C(Nc1ccccc1)NC1CCc2ccc(C(=O)NO)cc2C1. The van der Waals surface area contributed by atoms with Gasteiger partial charge in [-0.05, 0) is 54.7 Å². The smallest absolute Gasteiger partial charge is 0.319 e. The van der Waals surface area contributed by atoms with Crippen LogP contribution in [0.25, 0.3) is 0 Å². The third kappa shape index (κ3) is 3.72. The summed E-state index contributed by atoms with van der Waals surface area (Å²) in [6.45, 7) is 0. The fourth-order valence-electron chi connectivity index (χ4n) is 2.96. The number of amides is 3. The summed E-state index contributed by atoms with van der Waals surface area (Å²) in [5, 5.41) is 14.5. The predicted octanol–water partition coefficient (Wildman–Crippen LogP) is 2.48. The van der Waals surface area contributed by atoms with Crippen molar-refractivity contribution in [2.45, 2.75) is 25.3 Å². The Bertz CT molecular complexity index is 746. The Balaban J connectivity index is 1.64. The number of carbonyl (C=O) groups is 2. The number of carbonyl (C=O) groups excluding carboxylic acids is 2. The van der Waals surface area contributed by atoms with Crippen molar-refractivity contribution >= 4 is 17.6 Å². The number of para-hydroxylation sites is 1. The number of aryl methyl sites for hydroxylation is 1. The molecule has 3 amide bonds. The Morgan fingerprint density at radius 2 is 1.83 bits per heavy atom. The lowest BCUT2D eigenvalue weighted by Gasteiger charge is -2.26. The number of benzene rings is 2. The van der Waals surface area contributed by atoms with E-state index in [2.05, 4.69) is 10.6 Å². The molecule has 4 N–H and O–H groups in total. The third-order valence-corrected chi connectivity index (χ3v) is 4.17. The number of urea groups is 1. The van der Waals surface area contributed by atoms with Crippen LogP contribution in [-0.4, -0.2) is 23.2 Å². The van der Waals surface area contributed by atoms with Gasteiger partial charge >= 0.3 is 6.03 Å². The first-order valence-electron chi connectivity index (χ1n) is 7.84. The number of hydrogen-bond acceptors (Lipinski definition) is 3.